The first-order valence-electron chi connectivity index (χ1n) is 12.3. The summed E-state index contributed by atoms with van der Waals surface area (Å²) in [7, 11) is -1.58. The van der Waals surface area contributed by atoms with Gasteiger partial charge in [-0.1, -0.05) is 128 Å². The van der Waals surface area contributed by atoms with E-state index in [9.17, 15) is 4.55 Å². The zero-order valence-electron chi connectivity index (χ0n) is 19.0. The molecule has 0 amide bonds. The van der Waals surface area contributed by atoms with Crippen molar-refractivity contribution in [2.45, 2.75) is 121 Å². The van der Waals surface area contributed by atoms with Crippen LogP contribution in [0.4, 0.5) is 0 Å². The Morgan fingerprint density at radius 3 is 1.36 bits per heavy atom. The minimum absolute atomic E-state index is 0.885. The fourth-order valence-corrected chi connectivity index (χ4v) is 6.19. The Morgan fingerprint density at radius 1 is 0.571 bits per heavy atom. The summed E-state index contributed by atoms with van der Waals surface area (Å²) >= 11 is 0. The van der Waals surface area contributed by atoms with E-state index < -0.39 is 10.3 Å². The van der Waals surface area contributed by atoms with Crippen LogP contribution in [0.3, 0.4) is 0 Å². The Labute approximate surface area is 178 Å². The molecule has 1 atom stereocenters. The van der Waals surface area contributed by atoms with Gasteiger partial charge in [0.2, 0.25) is 0 Å². The molecule has 1 N–H and O–H groups in total. The van der Waals surface area contributed by atoms with Crippen molar-refractivity contribution in [1.82, 2.24) is 0 Å². The van der Waals surface area contributed by atoms with Gasteiger partial charge in [0.05, 0.1) is 0 Å². The maximum atomic E-state index is 11.0. The molecule has 1 rings (SSSR count). The standard InChI is InChI=1S/C26H48OS/c1-3-5-6-7-8-9-10-11-12-13-14-15-16-17-18-22-25-28(27,4-2)26-23-20-19-21-24-26/h19-21,23-24,27H,3-18,22,25H2,1-2H3. The Kier molecular flexibility index (Phi) is 15.9. The van der Waals surface area contributed by atoms with Crippen LogP contribution < -0.4 is 0 Å². The van der Waals surface area contributed by atoms with Gasteiger partial charge in [-0.2, -0.15) is 0 Å². The van der Waals surface area contributed by atoms with Gasteiger partial charge in [-0.3, -0.25) is 0 Å². The van der Waals surface area contributed by atoms with Crippen LogP contribution in [-0.4, -0.2) is 16.1 Å². The van der Waals surface area contributed by atoms with Crippen molar-refractivity contribution in [3.63, 3.8) is 0 Å². The lowest BCUT2D eigenvalue weighted by Crippen LogP contribution is -2.07. The molecule has 0 bridgehead atoms. The molecule has 0 fully saturated rings. The van der Waals surface area contributed by atoms with Gasteiger partial charge in [-0.05, 0) is 18.6 Å². The Hall–Kier alpha value is -0.470. The van der Waals surface area contributed by atoms with Gasteiger partial charge in [-0.25, -0.2) is 0 Å². The fraction of sp³-hybridized carbons (Fsp3) is 0.769. The summed E-state index contributed by atoms with van der Waals surface area (Å²) < 4.78 is 11.0. The van der Waals surface area contributed by atoms with Crippen molar-refractivity contribution in [2.75, 3.05) is 11.5 Å². The fourth-order valence-electron chi connectivity index (χ4n) is 3.99. The molecule has 2 heteroatoms. The van der Waals surface area contributed by atoms with Crippen LogP contribution in [0.25, 0.3) is 0 Å². The maximum Gasteiger partial charge on any atom is 0.0124 e. The molecule has 28 heavy (non-hydrogen) atoms. The monoisotopic (exact) mass is 408 g/mol. The highest BCUT2D eigenvalue weighted by Crippen LogP contribution is 2.52. The molecule has 1 nitrogen and oxygen atoms in total. The lowest BCUT2D eigenvalue weighted by molar-refractivity contribution is 0.531. The topological polar surface area (TPSA) is 20.2 Å². The van der Waals surface area contributed by atoms with Crippen LogP contribution in [0.15, 0.2) is 35.2 Å². The highest BCUT2D eigenvalue weighted by molar-refractivity contribution is 8.29. The van der Waals surface area contributed by atoms with Crippen molar-refractivity contribution in [3.05, 3.63) is 30.3 Å². The van der Waals surface area contributed by atoms with Gasteiger partial charge in [-0.15, -0.1) is 10.3 Å². The number of hydrogen-bond acceptors (Lipinski definition) is 1. The van der Waals surface area contributed by atoms with E-state index in [-0.39, 0.29) is 0 Å². The summed E-state index contributed by atoms with van der Waals surface area (Å²) in [6.45, 7) is 4.42. The molecular formula is C26H48OS. The van der Waals surface area contributed by atoms with Crippen LogP contribution in [-0.2, 0) is 0 Å². The average molecular weight is 409 g/mol. The van der Waals surface area contributed by atoms with Crippen molar-refractivity contribution in [3.8, 4) is 0 Å². The molecule has 0 aliphatic carbocycles. The second-order valence-electron chi connectivity index (χ2n) is 8.45. The lowest BCUT2D eigenvalue weighted by atomic mass is 10.0. The molecule has 0 heterocycles. The summed E-state index contributed by atoms with van der Waals surface area (Å²) in [5.74, 6) is 1.86. The number of unbranched alkanes of at least 4 members (excludes halogenated alkanes) is 15. The number of benzene rings is 1. The SMILES string of the molecule is CCCCCCCCCCCCCCCCCCS(O)(CC)c1ccccc1. The molecule has 1 unspecified atom stereocenters. The summed E-state index contributed by atoms with van der Waals surface area (Å²) in [6.07, 6.45) is 22.4. The Balaban J connectivity index is 1.89. The maximum absolute atomic E-state index is 11.0. The van der Waals surface area contributed by atoms with Crippen LogP contribution in [0.5, 0.6) is 0 Å². The van der Waals surface area contributed by atoms with Gasteiger partial charge in [0.25, 0.3) is 0 Å². The molecule has 0 aliphatic rings. The highest BCUT2D eigenvalue weighted by Gasteiger charge is 2.19. The second-order valence-corrected chi connectivity index (χ2v) is 11.6. The minimum atomic E-state index is -1.58. The predicted molar refractivity (Wildman–Crippen MR) is 130 cm³/mol. The van der Waals surface area contributed by atoms with E-state index in [2.05, 4.69) is 38.1 Å². The summed E-state index contributed by atoms with van der Waals surface area (Å²) in [5, 5.41) is 0. The molecule has 0 saturated heterocycles. The van der Waals surface area contributed by atoms with Gasteiger partial charge >= 0.3 is 0 Å². The van der Waals surface area contributed by atoms with E-state index in [4.69, 9.17) is 0 Å². The third-order valence-corrected chi connectivity index (χ3v) is 9.06. The van der Waals surface area contributed by atoms with Crippen molar-refractivity contribution >= 4 is 10.3 Å². The lowest BCUT2D eigenvalue weighted by Gasteiger charge is -2.33. The van der Waals surface area contributed by atoms with Gasteiger partial charge in [0.1, 0.15) is 0 Å². The quantitative estimate of drug-likeness (QED) is 0.226. The first-order chi connectivity index (χ1) is 13.7. The van der Waals surface area contributed by atoms with Crippen LogP contribution >= 0.6 is 10.3 Å². The van der Waals surface area contributed by atoms with Crippen LogP contribution in [0.1, 0.15) is 117 Å². The van der Waals surface area contributed by atoms with Crippen molar-refractivity contribution in [2.24, 2.45) is 0 Å². The van der Waals surface area contributed by atoms with Gasteiger partial charge in [0, 0.05) is 16.4 Å². The average Bonchev–Trinajstić information content (AvgIpc) is 2.74. The summed E-state index contributed by atoms with van der Waals surface area (Å²) in [6, 6.07) is 10.3. The molecule has 0 saturated carbocycles. The third-order valence-electron chi connectivity index (χ3n) is 6.00. The largest absolute Gasteiger partial charge is 0.347 e. The third kappa shape index (κ3) is 12.2. The molecular weight excluding hydrogens is 360 g/mol. The highest BCUT2D eigenvalue weighted by atomic mass is 32.3. The van der Waals surface area contributed by atoms with E-state index in [0.29, 0.717) is 0 Å². The first kappa shape index (κ1) is 25.6. The van der Waals surface area contributed by atoms with Crippen molar-refractivity contribution < 1.29 is 4.55 Å². The minimum Gasteiger partial charge on any atom is -0.347 e. The predicted octanol–water partition coefficient (Wildman–Crippen LogP) is 9.60. The normalized spacial score (nSPS) is 14.7. The molecule has 0 aromatic heterocycles. The van der Waals surface area contributed by atoms with E-state index in [0.717, 1.165) is 11.5 Å². The number of hydrogen-bond donors (Lipinski definition) is 1. The Morgan fingerprint density at radius 2 is 0.964 bits per heavy atom. The second kappa shape index (κ2) is 17.4. The van der Waals surface area contributed by atoms with Crippen LogP contribution in [0, 0.1) is 0 Å². The van der Waals surface area contributed by atoms with E-state index >= 15 is 0 Å². The van der Waals surface area contributed by atoms with E-state index in [1.54, 1.807) is 0 Å². The van der Waals surface area contributed by atoms with Crippen molar-refractivity contribution in [1.29, 1.82) is 0 Å². The van der Waals surface area contributed by atoms with E-state index in [1.807, 2.05) is 6.07 Å². The van der Waals surface area contributed by atoms with Gasteiger partial charge in [0.15, 0.2) is 0 Å². The summed E-state index contributed by atoms with van der Waals surface area (Å²) in [4.78, 5) is 1.17. The van der Waals surface area contributed by atoms with Crippen LogP contribution in [0.2, 0.25) is 0 Å². The Bertz CT molecular complexity index is 447. The zero-order valence-corrected chi connectivity index (χ0v) is 19.8. The molecule has 0 radical (unpaired) electrons. The first-order valence-corrected chi connectivity index (χ1v) is 14.2. The smallest absolute Gasteiger partial charge is 0.0124 e. The molecule has 0 spiro atoms. The van der Waals surface area contributed by atoms with E-state index in [1.165, 1.54) is 108 Å². The molecule has 164 valence electrons. The molecule has 0 aliphatic heterocycles. The molecule has 1 aromatic rings. The summed E-state index contributed by atoms with van der Waals surface area (Å²) in [5.41, 5.74) is 0. The molecule has 1 aromatic carbocycles. The number of rotatable bonds is 19. The van der Waals surface area contributed by atoms with Gasteiger partial charge < -0.3 is 4.55 Å². The zero-order chi connectivity index (χ0) is 20.3.